The zero-order valence-electron chi connectivity index (χ0n) is 12.3. The van der Waals surface area contributed by atoms with Crippen molar-refractivity contribution in [3.05, 3.63) is 0 Å². The number of amides is 2. The lowest BCUT2D eigenvalue weighted by Gasteiger charge is -2.34. The summed E-state index contributed by atoms with van der Waals surface area (Å²) in [5, 5.41) is 2.93. The molecule has 20 heavy (non-hydrogen) atoms. The number of carbonyl (C=O) groups excluding carboxylic acids is 2. The Morgan fingerprint density at radius 3 is 2.30 bits per heavy atom. The molecule has 1 saturated heterocycles. The van der Waals surface area contributed by atoms with Crippen LogP contribution in [0, 0.1) is 5.41 Å². The van der Waals surface area contributed by atoms with Gasteiger partial charge in [0.1, 0.15) is 0 Å². The van der Waals surface area contributed by atoms with E-state index in [0.29, 0.717) is 19.5 Å². The van der Waals surface area contributed by atoms with Gasteiger partial charge in [-0.25, -0.2) is 0 Å². The summed E-state index contributed by atoms with van der Waals surface area (Å²) in [6.07, 6.45) is 7.75. The predicted octanol–water partition coefficient (Wildman–Crippen LogP) is 1.02. The fourth-order valence-corrected chi connectivity index (χ4v) is 3.35. The van der Waals surface area contributed by atoms with Crippen LogP contribution in [0.2, 0.25) is 0 Å². The van der Waals surface area contributed by atoms with Crippen molar-refractivity contribution in [3.63, 3.8) is 0 Å². The lowest BCUT2D eigenvalue weighted by molar-refractivity contribution is -0.133. The van der Waals surface area contributed by atoms with Crippen LogP contribution in [0.4, 0.5) is 0 Å². The van der Waals surface area contributed by atoms with E-state index in [-0.39, 0.29) is 17.2 Å². The Kier molecular flexibility index (Phi) is 5.40. The highest BCUT2D eigenvalue weighted by atomic mass is 16.2. The number of nitrogens with two attached hydrogens (primary N) is 1. The third-order valence-electron chi connectivity index (χ3n) is 4.77. The Hall–Kier alpha value is -1.10. The number of hydrogen-bond donors (Lipinski definition) is 2. The largest absolute Gasteiger partial charge is 0.355 e. The molecular weight excluding hydrogens is 254 g/mol. The van der Waals surface area contributed by atoms with E-state index in [2.05, 4.69) is 5.32 Å². The first-order valence-corrected chi connectivity index (χ1v) is 7.94. The molecule has 0 aromatic heterocycles. The van der Waals surface area contributed by atoms with E-state index in [0.717, 1.165) is 51.6 Å². The number of rotatable bonds is 5. The van der Waals surface area contributed by atoms with Gasteiger partial charge in [-0.05, 0) is 25.7 Å². The number of nitrogens with zero attached hydrogens (tertiary/aromatic N) is 1. The van der Waals surface area contributed by atoms with Crippen LogP contribution < -0.4 is 11.1 Å². The zero-order chi connectivity index (χ0) is 14.4. The second-order valence-electron chi connectivity index (χ2n) is 6.14. The van der Waals surface area contributed by atoms with Gasteiger partial charge in [0, 0.05) is 32.6 Å². The van der Waals surface area contributed by atoms with Crippen molar-refractivity contribution in [2.24, 2.45) is 11.1 Å². The van der Waals surface area contributed by atoms with Gasteiger partial charge in [0.15, 0.2) is 0 Å². The van der Waals surface area contributed by atoms with Gasteiger partial charge in [-0.15, -0.1) is 0 Å². The maximum Gasteiger partial charge on any atom is 0.227 e. The molecule has 1 aliphatic heterocycles. The molecule has 3 N–H and O–H groups in total. The summed E-state index contributed by atoms with van der Waals surface area (Å²) < 4.78 is 0. The maximum atomic E-state index is 12.3. The highest BCUT2D eigenvalue weighted by Gasteiger charge is 2.37. The van der Waals surface area contributed by atoms with Gasteiger partial charge in [0.05, 0.1) is 5.41 Å². The van der Waals surface area contributed by atoms with E-state index in [4.69, 9.17) is 5.73 Å². The summed E-state index contributed by atoms with van der Waals surface area (Å²) in [5.74, 6) is 0.210. The molecule has 2 aliphatic rings. The highest BCUT2D eigenvalue weighted by molar-refractivity contribution is 5.84. The summed E-state index contributed by atoms with van der Waals surface area (Å²) in [6, 6.07) is 0. The molecule has 0 bridgehead atoms. The zero-order valence-corrected chi connectivity index (χ0v) is 12.3. The number of carbonyl (C=O) groups is 2. The number of nitrogens with one attached hydrogen (secondary N) is 1. The first kappa shape index (κ1) is 15.3. The molecule has 1 saturated carbocycles. The first-order chi connectivity index (χ1) is 9.68. The molecule has 0 aromatic carbocycles. The Bertz CT molecular complexity index is 345. The summed E-state index contributed by atoms with van der Waals surface area (Å²) in [4.78, 5) is 26.1. The minimum atomic E-state index is -0.380. The van der Waals surface area contributed by atoms with Crippen LogP contribution in [0.3, 0.4) is 0 Å². The monoisotopic (exact) mass is 281 g/mol. The molecule has 2 rings (SSSR count). The molecule has 5 nitrogen and oxygen atoms in total. The fourth-order valence-electron chi connectivity index (χ4n) is 3.35. The predicted molar refractivity (Wildman–Crippen MR) is 78.0 cm³/mol. The lowest BCUT2D eigenvalue weighted by Crippen LogP contribution is -2.47. The molecule has 114 valence electrons. The summed E-state index contributed by atoms with van der Waals surface area (Å²) in [5.41, 5.74) is 5.45. The third kappa shape index (κ3) is 3.51. The Morgan fingerprint density at radius 1 is 1.05 bits per heavy atom. The average Bonchev–Trinajstić information content (AvgIpc) is 3.02. The van der Waals surface area contributed by atoms with Crippen LogP contribution in [-0.2, 0) is 9.59 Å². The standard InChI is InChI=1S/C15H27N3O2/c16-12-15(7-2-1-3-8-15)14(20)17-9-6-13(19)18-10-4-5-11-18/h1-12,16H2,(H,17,20). The Balaban J connectivity index is 1.74. The second kappa shape index (κ2) is 7.07. The summed E-state index contributed by atoms with van der Waals surface area (Å²) >= 11 is 0. The summed E-state index contributed by atoms with van der Waals surface area (Å²) in [6.45, 7) is 2.61. The van der Waals surface area contributed by atoms with Crippen LogP contribution in [0.5, 0.6) is 0 Å². The van der Waals surface area contributed by atoms with E-state index >= 15 is 0 Å². The normalized spacial score (nSPS) is 21.8. The maximum absolute atomic E-state index is 12.3. The Morgan fingerprint density at radius 2 is 1.70 bits per heavy atom. The molecule has 0 spiro atoms. The van der Waals surface area contributed by atoms with Gasteiger partial charge in [0.2, 0.25) is 11.8 Å². The molecule has 1 heterocycles. The van der Waals surface area contributed by atoms with Gasteiger partial charge in [-0.2, -0.15) is 0 Å². The van der Waals surface area contributed by atoms with Crippen molar-refractivity contribution in [3.8, 4) is 0 Å². The molecule has 0 unspecified atom stereocenters. The van der Waals surface area contributed by atoms with Gasteiger partial charge in [0.25, 0.3) is 0 Å². The molecule has 5 heteroatoms. The number of hydrogen-bond acceptors (Lipinski definition) is 3. The SMILES string of the molecule is NCC1(C(=O)NCCC(=O)N2CCCC2)CCCCC1. The molecule has 0 atom stereocenters. The van der Waals surface area contributed by atoms with Crippen LogP contribution in [-0.4, -0.2) is 42.9 Å². The number of likely N-dealkylation sites (tertiary alicyclic amines) is 1. The van der Waals surface area contributed by atoms with Crippen molar-refractivity contribution in [1.29, 1.82) is 0 Å². The van der Waals surface area contributed by atoms with Gasteiger partial charge in [-0.3, -0.25) is 9.59 Å². The van der Waals surface area contributed by atoms with Gasteiger partial charge >= 0.3 is 0 Å². The smallest absolute Gasteiger partial charge is 0.227 e. The van der Waals surface area contributed by atoms with E-state index in [1.165, 1.54) is 6.42 Å². The van der Waals surface area contributed by atoms with Crippen molar-refractivity contribution in [2.45, 2.75) is 51.4 Å². The van der Waals surface area contributed by atoms with Gasteiger partial charge < -0.3 is 16.0 Å². The van der Waals surface area contributed by atoms with Crippen LogP contribution in [0.15, 0.2) is 0 Å². The molecule has 2 fully saturated rings. The molecule has 0 radical (unpaired) electrons. The Labute approximate surface area is 121 Å². The van der Waals surface area contributed by atoms with E-state index in [1.807, 2.05) is 4.90 Å². The van der Waals surface area contributed by atoms with Crippen molar-refractivity contribution >= 4 is 11.8 Å². The third-order valence-corrected chi connectivity index (χ3v) is 4.77. The van der Waals surface area contributed by atoms with Gasteiger partial charge in [-0.1, -0.05) is 19.3 Å². The van der Waals surface area contributed by atoms with E-state index in [1.54, 1.807) is 0 Å². The lowest BCUT2D eigenvalue weighted by atomic mass is 9.73. The molecule has 1 aliphatic carbocycles. The van der Waals surface area contributed by atoms with E-state index in [9.17, 15) is 9.59 Å². The molecular formula is C15H27N3O2. The second-order valence-corrected chi connectivity index (χ2v) is 6.14. The highest BCUT2D eigenvalue weighted by Crippen LogP contribution is 2.35. The fraction of sp³-hybridized carbons (Fsp3) is 0.867. The van der Waals surface area contributed by atoms with Crippen molar-refractivity contribution in [1.82, 2.24) is 10.2 Å². The van der Waals surface area contributed by atoms with E-state index < -0.39 is 0 Å². The summed E-state index contributed by atoms with van der Waals surface area (Å²) in [7, 11) is 0. The average molecular weight is 281 g/mol. The van der Waals surface area contributed by atoms with Crippen LogP contribution in [0.1, 0.15) is 51.4 Å². The molecule has 0 aromatic rings. The van der Waals surface area contributed by atoms with Crippen LogP contribution in [0.25, 0.3) is 0 Å². The van der Waals surface area contributed by atoms with Crippen LogP contribution >= 0.6 is 0 Å². The van der Waals surface area contributed by atoms with Crippen molar-refractivity contribution < 1.29 is 9.59 Å². The van der Waals surface area contributed by atoms with Crippen molar-refractivity contribution in [2.75, 3.05) is 26.2 Å². The topological polar surface area (TPSA) is 75.4 Å². The minimum absolute atomic E-state index is 0.0499. The first-order valence-electron chi connectivity index (χ1n) is 7.94. The quantitative estimate of drug-likeness (QED) is 0.790. The molecule has 2 amide bonds. The minimum Gasteiger partial charge on any atom is -0.355 e.